The van der Waals surface area contributed by atoms with Gasteiger partial charge in [0, 0.05) is 37.4 Å². The van der Waals surface area contributed by atoms with Crippen LogP contribution in [0.2, 0.25) is 0 Å². The fraction of sp³-hybridized carbons (Fsp3) is 0.548. The molecule has 0 aliphatic carbocycles. The normalized spacial score (nSPS) is 22.1. The average Bonchev–Trinajstić information content (AvgIpc) is 3.60. The molecule has 5 atom stereocenters. The lowest BCUT2D eigenvalue weighted by molar-refractivity contribution is -0.363. The minimum atomic E-state index is -2.34. The highest BCUT2D eigenvalue weighted by Crippen LogP contribution is 2.41. The van der Waals surface area contributed by atoms with Crippen molar-refractivity contribution in [3.8, 4) is 5.75 Å². The van der Waals surface area contributed by atoms with Crippen LogP contribution in [0.15, 0.2) is 49.9 Å². The zero-order valence-electron chi connectivity index (χ0n) is 25.0. The first-order chi connectivity index (χ1) is 20.9. The molecule has 13 heteroatoms. The largest absolute Gasteiger partial charge is 0.484 e. The molecule has 4 heterocycles. The smallest absolute Gasteiger partial charge is 0.192 e. The summed E-state index contributed by atoms with van der Waals surface area (Å²) in [6.45, 7) is 3.83. The molecule has 44 heavy (non-hydrogen) atoms. The first-order valence-corrected chi connectivity index (χ1v) is 14.6. The van der Waals surface area contributed by atoms with Crippen molar-refractivity contribution in [2.45, 2.75) is 75.7 Å². The van der Waals surface area contributed by atoms with Gasteiger partial charge in [-0.3, -0.25) is 9.79 Å². The topological polar surface area (TPSA) is 195 Å². The molecule has 0 amide bonds. The van der Waals surface area contributed by atoms with Gasteiger partial charge in [0.25, 0.3) is 0 Å². The molecule has 240 valence electrons. The fourth-order valence-corrected chi connectivity index (χ4v) is 5.88. The second kappa shape index (κ2) is 12.7. The molecule has 3 aliphatic rings. The standard InChI is InChI=1S/C31H40N2O11/c1-17-11-23(36)20-12-18-13-26(30(2,3)43-27(18)19(5-4-10-34)28(20)42-17)44-41-15-25(38)31(40,29(39)24(37)14-35)16-33-9-7-21-22(33)6-8-32-21/h6-8,11-12,24-26,29,34-35,37-40H,4-5,9-10,13-16H2,1-3H3/t24-,25+,26-,29-,31-/m1/s1. The number of aliphatic hydroxyl groups excluding tert-OH is 5. The number of aliphatic hydroxyl groups is 6. The van der Waals surface area contributed by atoms with Crippen molar-refractivity contribution in [3.05, 3.63) is 62.8 Å². The highest BCUT2D eigenvalue weighted by molar-refractivity contribution is 5.84. The summed E-state index contributed by atoms with van der Waals surface area (Å²) in [6.07, 6.45) is 0.116. The van der Waals surface area contributed by atoms with E-state index >= 15 is 0 Å². The number of rotatable bonds is 13. The van der Waals surface area contributed by atoms with E-state index in [9.17, 15) is 35.4 Å². The lowest BCUT2D eigenvalue weighted by atomic mass is 9.86. The van der Waals surface area contributed by atoms with Crippen LogP contribution in [0.5, 0.6) is 5.75 Å². The molecule has 0 fully saturated rings. The summed E-state index contributed by atoms with van der Waals surface area (Å²) >= 11 is 0. The Morgan fingerprint density at radius 3 is 2.73 bits per heavy atom. The van der Waals surface area contributed by atoms with Crippen LogP contribution in [0.3, 0.4) is 0 Å². The van der Waals surface area contributed by atoms with Crippen LogP contribution in [-0.4, -0.2) is 110 Å². The van der Waals surface area contributed by atoms with Crippen molar-refractivity contribution in [1.29, 1.82) is 0 Å². The van der Waals surface area contributed by atoms with E-state index in [1.54, 1.807) is 44.0 Å². The molecule has 1 aromatic heterocycles. The van der Waals surface area contributed by atoms with Crippen LogP contribution >= 0.6 is 0 Å². The van der Waals surface area contributed by atoms with Crippen molar-refractivity contribution in [2.75, 3.05) is 32.9 Å². The number of fused-ring (bicyclic) bond motifs is 3. The van der Waals surface area contributed by atoms with E-state index in [0.717, 1.165) is 0 Å². The van der Waals surface area contributed by atoms with E-state index < -0.39 is 48.8 Å². The van der Waals surface area contributed by atoms with Crippen LogP contribution in [-0.2, 0) is 22.6 Å². The lowest BCUT2D eigenvalue weighted by Crippen LogP contribution is -2.63. The summed E-state index contributed by atoms with van der Waals surface area (Å²) in [4.78, 5) is 29.9. The van der Waals surface area contributed by atoms with Crippen molar-refractivity contribution >= 4 is 17.2 Å². The monoisotopic (exact) mass is 616 g/mol. The van der Waals surface area contributed by atoms with Gasteiger partial charge in [0.05, 0.1) is 29.9 Å². The van der Waals surface area contributed by atoms with Crippen molar-refractivity contribution in [2.24, 2.45) is 4.99 Å². The molecule has 0 saturated heterocycles. The molecule has 6 N–H and O–H groups in total. The van der Waals surface area contributed by atoms with Crippen LogP contribution in [0.1, 0.15) is 37.2 Å². The summed E-state index contributed by atoms with van der Waals surface area (Å²) in [5.74, 6) is 1.01. The van der Waals surface area contributed by atoms with Gasteiger partial charge in [0.15, 0.2) is 5.43 Å². The number of aliphatic imine (C=N–C) groups is 1. The summed E-state index contributed by atoms with van der Waals surface area (Å²) < 4.78 is 12.3. The number of benzene rings is 1. The molecule has 0 spiro atoms. The van der Waals surface area contributed by atoms with E-state index in [2.05, 4.69) is 4.99 Å². The van der Waals surface area contributed by atoms with Gasteiger partial charge >= 0.3 is 0 Å². The molecule has 3 aliphatic heterocycles. The minimum absolute atomic E-state index is 0.0519. The van der Waals surface area contributed by atoms with E-state index in [0.29, 0.717) is 64.4 Å². The van der Waals surface area contributed by atoms with E-state index in [1.807, 2.05) is 6.08 Å². The Morgan fingerprint density at radius 1 is 1.23 bits per heavy atom. The Morgan fingerprint density at radius 2 is 2.00 bits per heavy atom. The summed E-state index contributed by atoms with van der Waals surface area (Å²) in [5, 5.41) is 62.9. The molecule has 0 bridgehead atoms. The third kappa shape index (κ3) is 6.06. The Balaban J connectivity index is 1.34. The van der Waals surface area contributed by atoms with Crippen LogP contribution in [0, 0.1) is 6.92 Å². The Kier molecular flexibility index (Phi) is 9.31. The zero-order valence-corrected chi connectivity index (χ0v) is 25.0. The van der Waals surface area contributed by atoms with Gasteiger partial charge in [-0.1, -0.05) is 0 Å². The van der Waals surface area contributed by atoms with Crippen molar-refractivity contribution < 1.29 is 49.6 Å². The Bertz CT molecular complexity index is 1530. The van der Waals surface area contributed by atoms with E-state index in [-0.39, 0.29) is 25.0 Å². The van der Waals surface area contributed by atoms with Gasteiger partial charge in [0.2, 0.25) is 0 Å². The third-order valence-corrected chi connectivity index (χ3v) is 8.45. The maximum absolute atomic E-state index is 12.8. The van der Waals surface area contributed by atoms with Gasteiger partial charge in [-0.05, 0) is 57.4 Å². The number of hydrogen-bond donors (Lipinski definition) is 6. The predicted molar refractivity (Wildman–Crippen MR) is 158 cm³/mol. The van der Waals surface area contributed by atoms with Crippen molar-refractivity contribution in [1.82, 2.24) is 4.90 Å². The predicted octanol–water partition coefficient (Wildman–Crippen LogP) is 0.0305. The van der Waals surface area contributed by atoms with Crippen LogP contribution < -0.4 is 10.2 Å². The third-order valence-electron chi connectivity index (χ3n) is 8.45. The molecule has 5 rings (SSSR count). The lowest BCUT2D eigenvalue weighted by Gasteiger charge is -2.42. The maximum Gasteiger partial charge on any atom is 0.192 e. The average molecular weight is 617 g/mol. The maximum atomic E-state index is 12.8. The van der Waals surface area contributed by atoms with Gasteiger partial charge in [0.1, 0.15) is 59.3 Å². The zero-order chi connectivity index (χ0) is 31.8. The highest BCUT2D eigenvalue weighted by atomic mass is 17.2. The quantitative estimate of drug-likeness (QED) is 0.131. The first kappa shape index (κ1) is 32.3. The number of β-amino-alcohol motifs (C(OH)–C–C–N with tert-alkyl or cyclic N) is 1. The van der Waals surface area contributed by atoms with Crippen LogP contribution in [0.25, 0.3) is 11.0 Å². The first-order valence-electron chi connectivity index (χ1n) is 14.6. The van der Waals surface area contributed by atoms with Crippen LogP contribution in [0.4, 0.5) is 0 Å². The molecular weight excluding hydrogens is 576 g/mol. The minimum Gasteiger partial charge on any atom is -0.484 e. The molecule has 0 saturated carbocycles. The van der Waals surface area contributed by atoms with Gasteiger partial charge in [-0.15, -0.1) is 0 Å². The highest BCUT2D eigenvalue weighted by Gasteiger charge is 2.49. The number of aryl methyl sites for hydroxylation is 2. The number of hydrogen-bond acceptors (Lipinski definition) is 13. The number of nitrogens with zero attached hydrogens (tertiary/aromatic N) is 2. The summed E-state index contributed by atoms with van der Waals surface area (Å²) in [7, 11) is 0. The fourth-order valence-electron chi connectivity index (χ4n) is 5.88. The Hall–Kier alpha value is -3.14. The molecule has 2 aromatic rings. The molecular formula is C31H40N2O11. The summed E-state index contributed by atoms with van der Waals surface area (Å²) in [6, 6.07) is 3.11. The van der Waals surface area contributed by atoms with Gasteiger partial charge in [-0.25, -0.2) is 9.78 Å². The van der Waals surface area contributed by atoms with E-state index in [1.165, 1.54) is 6.07 Å². The van der Waals surface area contributed by atoms with Gasteiger partial charge in [-0.2, -0.15) is 0 Å². The molecule has 0 unspecified atom stereocenters. The van der Waals surface area contributed by atoms with E-state index in [4.69, 9.17) is 18.9 Å². The SMILES string of the molecule is Cc1cc(=O)c2cc3c(c(CCCO)c2o1)OC(C)(C)[C@H](OOC[C@H](O)[C@](O)(CN1CC=C2N=CC=C21)[C@H](O)[C@H](O)CO)C3. The molecule has 13 nitrogen and oxygen atoms in total. The van der Waals surface area contributed by atoms with Gasteiger partial charge < -0.3 is 44.7 Å². The number of ether oxygens (including phenoxy) is 1. The second-order valence-corrected chi connectivity index (χ2v) is 12.0. The second-order valence-electron chi connectivity index (χ2n) is 12.0. The van der Waals surface area contributed by atoms with Crippen molar-refractivity contribution in [3.63, 3.8) is 0 Å². The Labute approximate surface area is 253 Å². The molecule has 1 aromatic carbocycles. The number of allylic oxidation sites excluding steroid dienone is 1. The summed E-state index contributed by atoms with van der Waals surface area (Å²) in [5.41, 5.74) is -0.347. The molecule has 0 radical (unpaired) electrons.